The topological polar surface area (TPSA) is 46.2 Å². The van der Waals surface area contributed by atoms with Crippen LogP contribution in [0.25, 0.3) is 0 Å². The highest BCUT2D eigenvalue weighted by Gasteiger charge is 2.23. The van der Waals surface area contributed by atoms with E-state index in [0.717, 1.165) is 16.6 Å². The van der Waals surface area contributed by atoms with Crippen LogP contribution in [0.1, 0.15) is 25.1 Å². The van der Waals surface area contributed by atoms with Gasteiger partial charge in [0.2, 0.25) is 10.0 Å². The molecule has 98 valence electrons. The third kappa shape index (κ3) is 4.35. The molecule has 3 nitrogen and oxygen atoms in total. The van der Waals surface area contributed by atoms with E-state index in [0.29, 0.717) is 4.21 Å². The monoisotopic (exact) mass is 339 g/mol. The number of nitrogens with one attached hydrogen (secondary N) is 1. The molecule has 1 N–H and O–H groups in total. The Labute approximate surface area is 116 Å². The predicted octanol–water partition coefficient (Wildman–Crippen LogP) is 3.14. The smallest absolute Gasteiger partial charge is 0.207 e. The molecule has 1 heterocycles. The van der Waals surface area contributed by atoms with Gasteiger partial charge in [0.15, 0.2) is 0 Å². The van der Waals surface area contributed by atoms with Gasteiger partial charge in [-0.05, 0) is 31.4 Å². The summed E-state index contributed by atoms with van der Waals surface area (Å²) < 4.78 is 27.4. The number of hydrogen-bond donors (Lipinski definition) is 1. The van der Waals surface area contributed by atoms with Crippen LogP contribution in [0.4, 0.5) is 0 Å². The molecule has 1 atom stereocenters. The number of aryl methyl sites for hydroxylation is 1. The summed E-state index contributed by atoms with van der Waals surface area (Å²) in [6.07, 6.45) is 0.793. The molecule has 0 spiro atoms. The SMILES string of the molecule is Cc1ccc(S(=O)(=O)NC(CCBr)C(C)C)s1. The highest BCUT2D eigenvalue weighted by atomic mass is 79.9. The second-order valence-corrected chi connectivity index (χ2v) is 8.34. The first-order valence-electron chi connectivity index (χ1n) is 5.51. The molecule has 0 amide bonds. The zero-order valence-corrected chi connectivity index (χ0v) is 13.5. The van der Waals surface area contributed by atoms with Gasteiger partial charge >= 0.3 is 0 Å². The van der Waals surface area contributed by atoms with Gasteiger partial charge in [-0.1, -0.05) is 29.8 Å². The summed E-state index contributed by atoms with van der Waals surface area (Å²) in [4.78, 5) is 1.01. The lowest BCUT2D eigenvalue weighted by molar-refractivity contribution is 0.441. The Morgan fingerprint density at radius 1 is 1.41 bits per heavy atom. The van der Waals surface area contributed by atoms with Crippen LogP contribution in [0.15, 0.2) is 16.3 Å². The van der Waals surface area contributed by atoms with Crippen LogP contribution in [0.5, 0.6) is 0 Å². The van der Waals surface area contributed by atoms with E-state index < -0.39 is 10.0 Å². The molecule has 0 aliphatic rings. The molecule has 0 bridgehead atoms. The first kappa shape index (κ1) is 15.1. The van der Waals surface area contributed by atoms with E-state index in [1.54, 1.807) is 6.07 Å². The first-order chi connectivity index (χ1) is 7.86. The Bertz CT molecular complexity index is 454. The minimum absolute atomic E-state index is 0.0261. The fourth-order valence-corrected chi connectivity index (χ4v) is 4.67. The van der Waals surface area contributed by atoms with Crippen molar-refractivity contribution in [2.45, 2.75) is 37.4 Å². The van der Waals surface area contributed by atoms with Gasteiger partial charge in [-0.2, -0.15) is 0 Å². The first-order valence-corrected chi connectivity index (χ1v) is 8.93. The van der Waals surface area contributed by atoms with Crippen molar-refractivity contribution in [2.24, 2.45) is 5.92 Å². The molecule has 0 aromatic carbocycles. The maximum absolute atomic E-state index is 12.1. The molecule has 0 radical (unpaired) electrons. The molecule has 6 heteroatoms. The second kappa shape index (κ2) is 6.31. The van der Waals surface area contributed by atoms with E-state index >= 15 is 0 Å². The number of sulfonamides is 1. The molecule has 0 aliphatic heterocycles. The minimum atomic E-state index is -3.36. The molecule has 0 aliphatic carbocycles. The molecule has 1 rings (SSSR count). The van der Waals surface area contributed by atoms with E-state index in [4.69, 9.17) is 0 Å². The number of halogens is 1. The number of hydrogen-bond acceptors (Lipinski definition) is 3. The highest BCUT2D eigenvalue weighted by molar-refractivity contribution is 9.09. The van der Waals surface area contributed by atoms with Gasteiger partial charge in [-0.25, -0.2) is 13.1 Å². The zero-order chi connectivity index (χ0) is 13.1. The van der Waals surface area contributed by atoms with Crippen LogP contribution in [0.3, 0.4) is 0 Å². The fourth-order valence-electron chi connectivity index (χ4n) is 1.46. The van der Waals surface area contributed by atoms with E-state index in [1.165, 1.54) is 11.3 Å². The summed E-state index contributed by atoms with van der Waals surface area (Å²) in [7, 11) is -3.36. The Balaban J connectivity index is 2.84. The summed E-state index contributed by atoms with van der Waals surface area (Å²) in [5, 5.41) is 0.793. The Morgan fingerprint density at radius 2 is 2.06 bits per heavy atom. The standard InChI is InChI=1S/C11H18BrNO2S2/c1-8(2)10(6-7-12)13-17(14,15)11-5-4-9(3)16-11/h4-5,8,10,13H,6-7H2,1-3H3. The average Bonchev–Trinajstić information content (AvgIpc) is 2.64. The van der Waals surface area contributed by atoms with Gasteiger partial charge in [-0.3, -0.25) is 0 Å². The zero-order valence-electron chi connectivity index (χ0n) is 10.2. The second-order valence-electron chi connectivity index (χ2n) is 4.31. The third-order valence-electron chi connectivity index (χ3n) is 2.51. The lowest BCUT2D eigenvalue weighted by Crippen LogP contribution is -2.38. The summed E-state index contributed by atoms with van der Waals surface area (Å²) in [5.41, 5.74) is 0. The summed E-state index contributed by atoms with van der Waals surface area (Å²) >= 11 is 4.66. The van der Waals surface area contributed by atoms with E-state index in [2.05, 4.69) is 20.7 Å². The van der Waals surface area contributed by atoms with Crippen LogP contribution >= 0.6 is 27.3 Å². The van der Waals surface area contributed by atoms with Crippen LogP contribution in [-0.4, -0.2) is 19.8 Å². The largest absolute Gasteiger partial charge is 0.250 e. The molecule has 0 saturated heterocycles. The number of thiophene rings is 1. The molecule has 17 heavy (non-hydrogen) atoms. The van der Waals surface area contributed by atoms with Gasteiger partial charge in [0.25, 0.3) is 0 Å². The van der Waals surface area contributed by atoms with Gasteiger partial charge in [0.1, 0.15) is 4.21 Å². The molecule has 1 unspecified atom stereocenters. The van der Waals surface area contributed by atoms with E-state index in [-0.39, 0.29) is 12.0 Å². The Kier molecular flexibility index (Phi) is 5.63. The number of alkyl halides is 1. The molecular formula is C11H18BrNO2S2. The molecule has 1 aromatic rings. The maximum atomic E-state index is 12.1. The van der Waals surface area contributed by atoms with Crippen LogP contribution in [0.2, 0.25) is 0 Å². The van der Waals surface area contributed by atoms with Gasteiger partial charge in [0.05, 0.1) is 0 Å². The summed E-state index contributed by atoms with van der Waals surface area (Å²) in [5.74, 6) is 0.281. The van der Waals surface area contributed by atoms with Crippen molar-refractivity contribution in [3.8, 4) is 0 Å². The van der Waals surface area contributed by atoms with Crippen molar-refractivity contribution >= 4 is 37.3 Å². The molecule has 1 aromatic heterocycles. The quantitative estimate of drug-likeness (QED) is 0.809. The minimum Gasteiger partial charge on any atom is -0.207 e. The lowest BCUT2D eigenvalue weighted by atomic mass is 10.0. The van der Waals surface area contributed by atoms with Crippen molar-refractivity contribution < 1.29 is 8.42 Å². The van der Waals surface area contributed by atoms with Crippen LogP contribution in [0, 0.1) is 12.8 Å². The van der Waals surface area contributed by atoms with Gasteiger partial charge in [0, 0.05) is 16.2 Å². The molecular weight excluding hydrogens is 322 g/mol. The summed E-state index contributed by atoms with van der Waals surface area (Å²) in [6, 6.07) is 3.46. The van der Waals surface area contributed by atoms with Crippen molar-refractivity contribution in [1.29, 1.82) is 0 Å². The van der Waals surface area contributed by atoms with Crippen molar-refractivity contribution in [1.82, 2.24) is 4.72 Å². The normalized spacial score (nSPS) is 14.2. The van der Waals surface area contributed by atoms with Crippen LogP contribution < -0.4 is 4.72 Å². The van der Waals surface area contributed by atoms with E-state index in [1.807, 2.05) is 26.8 Å². The number of rotatable bonds is 6. The van der Waals surface area contributed by atoms with Crippen molar-refractivity contribution in [2.75, 3.05) is 5.33 Å². The van der Waals surface area contributed by atoms with Crippen molar-refractivity contribution in [3.63, 3.8) is 0 Å². The highest BCUT2D eigenvalue weighted by Crippen LogP contribution is 2.22. The fraction of sp³-hybridized carbons (Fsp3) is 0.636. The Morgan fingerprint density at radius 3 is 2.47 bits per heavy atom. The van der Waals surface area contributed by atoms with Gasteiger partial charge in [-0.15, -0.1) is 11.3 Å². The van der Waals surface area contributed by atoms with Gasteiger partial charge < -0.3 is 0 Å². The van der Waals surface area contributed by atoms with E-state index in [9.17, 15) is 8.42 Å². The maximum Gasteiger partial charge on any atom is 0.250 e. The summed E-state index contributed by atoms with van der Waals surface area (Å²) in [6.45, 7) is 5.95. The predicted molar refractivity (Wildman–Crippen MR) is 76.4 cm³/mol. The lowest BCUT2D eigenvalue weighted by Gasteiger charge is -2.20. The molecule has 0 fully saturated rings. The third-order valence-corrected chi connectivity index (χ3v) is 5.95. The average molecular weight is 340 g/mol. The van der Waals surface area contributed by atoms with Crippen LogP contribution in [-0.2, 0) is 10.0 Å². The Hall–Kier alpha value is 0.0900. The van der Waals surface area contributed by atoms with Crippen molar-refractivity contribution in [3.05, 3.63) is 17.0 Å². The molecule has 0 saturated carbocycles.